The zero-order valence-corrected chi connectivity index (χ0v) is 10.4. The Hall–Kier alpha value is -1.34. The van der Waals surface area contributed by atoms with Crippen LogP contribution in [-0.2, 0) is 12.1 Å². The second-order valence-electron chi connectivity index (χ2n) is 3.33. The molecule has 0 fully saturated rings. The van der Waals surface area contributed by atoms with E-state index in [0.717, 1.165) is 5.56 Å². The lowest BCUT2D eigenvalue weighted by molar-refractivity contribution is -0.138. The molecule has 0 unspecified atom stereocenters. The first-order chi connectivity index (χ1) is 8.50. The van der Waals surface area contributed by atoms with Gasteiger partial charge in [0.1, 0.15) is 0 Å². The van der Waals surface area contributed by atoms with Gasteiger partial charge in [0.2, 0.25) is 10.1 Å². The molecule has 2 rings (SSSR count). The third-order valence-corrected chi connectivity index (χ3v) is 3.24. The lowest BCUT2D eigenvalue weighted by Gasteiger charge is -2.06. The molecular weight excluding hydrogens is 287 g/mol. The van der Waals surface area contributed by atoms with Crippen LogP contribution in [0.3, 0.4) is 0 Å². The molecular formula is C10H7ClF3N3S. The second kappa shape index (κ2) is 5.11. The maximum absolute atomic E-state index is 12.3. The fourth-order valence-corrected chi connectivity index (χ4v) is 2.12. The summed E-state index contributed by atoms with van der Waals surface area (Å²) in [6.45, 7) is 0. The summed E-state index contributed by atoms with van der Waals surface area (Å²) in [6.07, 6.45) is -4.47. The van der Waals surface area contributed by atoms with Crippen molar-refractivity contribution in [1.29, 1.82) is 0 Å². The van der Waals surface area contributed by atoms with E-state index in [4.69, 9.17) is 11.6 Å². The van der Waals surface area contributed by atoms with Gasteiger partial charge in [-0.2, -0.15) is 13.2 Å². The maximum Gasteiger partial charge on any atom is 0.445 e. The normalized spacial score (nSPS) is 11.6. The largest absolute Gasteiger partial charge is 0.445 e. The van der Waals surface area contributed by atoms with E-state index < -0.39 is 11.2 Å². The SMILES string of the molecule is FC(F)(F)c1nnc(Nc2ccccc2CCl)s1. The number of anilines is 2. The van der Waals surface area contributed by atoms with Crippen LogP contribution >= 0.6 is 22.9 Å². The zero-order chi connectivity index (χ0) is 13.2. The smallest absolute Gasteiger partial charge is 0.330 e. The summed E-state index contributed by atoms with van der Waals surface area (Å²) >= 11 is 6.18. The topological polar surface area (TPSA) is 37.8 Å². The highest BCUT2D eigenvalue weighted by Crippen LogP contribution is 2.34. The van der Waals surface area contributed by atoms with Crippen molar-refractivity contribution in [3.05, 3.63) is 34.8 Å². The van der Waals surface area contributed by atoms with Crippen molar-refractivity contribution in [2.24, 2.45) is 0 Å². The van der Waals surface area contributed by atoms with Gasteiger partial charge >= 0.3 is 6.18 Å². The Labute approximate surface area is 110 Å². The number of nitrogens with one attached hydrogen (secondary N) is 1. The minimum Gasteiger partial charge on any atom is -0.330 e. The van der Waals surface area contributed by atoms with Gasteiger partial charge in [-0.15, -0.1) is 21.8 Å². The van der Waals surface area contributed by atoms with E-state index in [0.29, 0.717) is 17.0 Å². The van der Waals surface area contributed by atoms with Gasteiger partial charge in [0.15, 0.2) is 0 Å². The van der Waals surface area contributed by atoms with Crippen molar-refractivity contribution in [3.8, 4) is 0 Å². The third kappa shape index (κ3) is 2.91. The van der Waals surface area contributed by atoms with Crippen LogP contribution in [0.5, 0.6) is 0 Å². The summed E-state index contributed by atoms with van der Waals surface area (Å²) in [5, 5.41) is 8.42. The Morgan fingerprint density at radius 2 is 1.94 bits per heavy atom. The molecule has 18 heavy (non-hydrogen) atoms. The molecule has 0 radical (unpaired) electrons. The molecule has 0 spiro atoms. The molecule has 0 bridgehead atoms. The van der Waals surface area contributed by atoms with E-state index in [9.17, 15) is 13.2 Å². The minimum absolute atomic E-state index is 0.0832. The van der Waals surface area contributed by atoms with Crippen LogP contribution in [-0.4, -0.2) is 10.2 Å². The molecule has 1 heterocycles. The number of para-hydroxylation sites is 1. The monoisotopic (exact) mass is 293 g/mol. The van der Waals surface area contributed by atoms with Crippen molar-refractivity contribution >= 4 is 33.8 Å². The molecule has 0 atom stereocenters. The molecule has 0 amide bonds. The van der Waals surface area contributed by atoms with Crippen molar-refractivity contribution in [2.75, 3.05) is 5.32 Å². The molecule has 0 aliphatic rings. The van der Waals surface area contributed by atoms with Crippen LogP contribution in [0.25, 0.3) is 0 Å². The number of benzene rings is 1. The predicted molar refractivity (Wildman–Crippen MR) is 64.2 cm³/mol. The molecule has 1 aromatic carbocycles. The van der Waals surface area contributed by atoms with E-state index >= 15 is 0 Å². The van der Waals surface area contributed by atoms with Crippen LogP contribution in [0, 0.1) is 0 Å². The molecule has 0 aliphatic carbocycles. The molecule has 0 saturated carbocycles. The molecule has 1 aromatic heterocycles. The van der Waals surface area contributed by atoms with E-state index in [2.05, 4.69) is 15.5 Å². The Balaban J connectivity index is 2.22. The van der Waals surface area contributed by atoms with Gasteiger partial charge < -0.3 is 5.32 Å². The number of halogens is 4. The first-order valence-electron chi connectivity index (χ1n) is 4.82. The summed E-state index contributed by atoms with van der Waals surface area (Å²) in [5.74, 6) is 0.258. The summed E-state index contributed by atoms with van der Waals surface area (Å²) in [6, 6.07) is 7.04. The molecule has 0 aliphatic heterocycles. The van der Waals surface area contributed by atoms with Crippen LogP contribution in [0.2, 0.25) is 0 Å². The zero-order valence-electron chi connectivity index (χ0n) is 8.83. The van der Waals surface area contributed by atoms with Crippen molar-refractivity contribution in [3.63, 3.8) is 0 Å². The van der Waals surface area contributed by atoms with Crippen LogP contribution in [0.4, 0.5) is 24.0 Å². The van der Waals surface area contributed by atoms with Gasteiger partial charge in [0.25, 0.3) is 0 Å². The number of hydrogen-bond acceptors (Lipinski definition) is 4. The van der Waals surface area contributed by atoms with Gasteiger partial charge in [0.05, 0.1) is 0 Å². The molecule has 1 N–H and O–H groups in total. The number of hydrogen-bond donors (Lipinski definition) is 1. The van der Waals surface area contributed by atoms with Crippen LogP contribution in [0.1, 0.15) is 10.6 Å². The predicted octanol–water partition coefficient (Wildman–Crippen LogP) is 4.04. The highest BCUT2D eigenvalue weighted by atomic mass is 35.5. The highest BCUT2D eigenvalue weighted by molar-refractivity contribution is 7.15. The van der Waals surface area contributed by atoms with Crippen molar-refractivity contribution in [1.82, 2.24) is 10.2 Å². The molecule has 0 saturated heterocycles. The maximum atomic E-state index is 12.3. The number of rotatable bonds is 3. The molecule has 96 valence electrons. The second-order valence-corrected chi connectivity index (χ2v) is 4.57. The summed E-state index contributed by atoms with van der Waals surface area (Å²) < 4.78 is 37.0. The summed E-state index contributed by atoms with van der Waals surface area (Å²) in [5.41, 5.74) is 1.40. The highest BCUT2D eigenvalue weighted by Gasteiger charge is 2.35. The lowest BCUT2D eigenvalue weighted by Crippen LogP contribution is -2.03. The number of alkyl halides is 4. The Morgan fingerprint density at radius 1 is 1.22 bits per heavy atom. The standard InChI is InChI=1S/C10H7ClF3N3S/c11-5-6-3-1-2-4-7(6)15-9-17-16-8(18-9)10(12,13)14/h1-4H,5H2,(H,15,17). The number of aromatic nitrogens is 2. The summed E-state index contributed by atoms with van der Waals surface area (Å²) in [4.78, 5) is 0. The quantitative estimate of drug-likeness (QED) is 0.868. The first kappa shape index (κ1) is 13.1. The van der Waals surface area contributed by atoms with Gasteiger partial charge in [0, 0.05) is 11.6 Å². The average Bonchev–Trinajstić information content (AvgIpc) is 2.78. The summed E-state index contributed by atoms with van der Waals surface area (Å²) in [7, 11) is 0. The van der Waals surface area contributed by atoms with Gasteiger partial charge in [-0.1, -0.05) is 29.5 Å². The van der Waals surface area contributed by atoms with Crippen LogP contribution in [0.15, 0.2) is 24.3 Å². The Morgan fingerprint density at radius 3 is 2.56 bits per heavy atom. The fourth-order valence-electron chi connectivity index (χ4n) is 1.26. The number of nitrogens with zero attached hydrogens (tertiary/aromatic N) is 2. The van der Waals surface area contributed by atoms with Gasteiger partial charge in [-0.05, 0) is 11.6 Å². The lowest BCUT2D eigenvalue weighted by atomic mass is 10.2. The Kier molecular flexibility index (Phi) is 3.72. The van der Waals surface area contributed by atoms with E-state index in [1.165, 1.54) is 0 Å². The Bertz CT molecular complexity index is 541. The fraction of sp³-hybridized carbons (Fsp3) is 0.200. The van der Waals surface area contributed by atoms with E-state index in [1.807, 2.05) is 0 Å². The third-order valence-electron chi connectivity index (χ3n) is 2.07. The molecule has 2 aromatic rings. The van der Waals surface area contributed by atoms with Gasteiger partial charge in [-0.3, -0.25) is 0 Å². The molecule has 3 nitrogen and oxygen atoms in total. The first-order valence-corrected chi connectivity index (χ1v) is 6.17. The van der Waals surface area contributed by atoms with Crippen LogP contribution < -0.4 is 5.32 Å². The van der Waals surface area contributed by atoms with E-state index in [-0.39, 0.29) is 11.0 Å². The van der Waals surface area contributed by atoms with Crippen molar-refractivity contribution < 1.29 is 13.2 Å². The minimum atomic E-state index is -4.47. The van der Waals surface area contributed by atoms with Crippen molar-refractivity contribution in [2.45, 2.75) is 12.1 Å². The average molecular weight is 294 g/mol. The van der Waals surface area contributed by atoms with E-state index in [1.54, 1.807) is 24.3 Å². The molecule has 8 heteroatoms. The van der Waals surface area contributed by atoms with Gasteiger partial charge in [-0.25, -0.2) is 0 Å².